The summed E-state index contributed by atoms with van der Waals surface area (Å²) in [4.78, 5) is 18.7. The van der Waals surface area contributed by atoms with Gasteiger partial charge in [-0.15, -0.1) is 0 Å². The third-order valence-corrected chi connectivity index (χ3v) is 4.61. The zero-order chi connectivity index (χ0) is 16.4. The van der Waals surface area contributed by atoms with Crippen LogP contribution >= 0.6 is 11.6 Å². The monoisotopic (exact) mass is 333 g/mol. The lowest BCUT2D eigenvalue weighted by Crippen LogP contribution is -2.37. The Kier molecular flexibility index (Phi) is 4.57. The molecule has 5 nitrogen and oxygen atoms in total. The Labute approximate surface area is 140 Å². The minimum atomic E-state index is -0.0824. The van der Waals surface area contributed by atoms with E-state index in [0.29, 0.717) is 17.3 Å². The lowest BCUT2D eigenvalue weighted by molar-refractivity contribution is -0.148. The Morgan fingerprint density at radius 1 is 1.35 bits per heavy atom. The molecule has 3 rings (SSSR count). The first-order valence-corrected chi connectivity index (χ1v) is 8.24. The number of ether oxygens (including phenoxy) is 1. The lowest BCUT2D eigenvalue weighted by atomic mass is 9.97. The van der Waals surface area contributed by atoms with E-state index in [0.717, 1.165) is 42.7 Å². The second-order valence-corrected chi connectivity index (χ2v) is 6.12. The number of carbonyl (C=O) groups excluding carboxylic acids is 1. The van der Waals surface area contributed by atoms with Crippen molar-refractivity contribution in [1.82, 2.24) is 4.98 Å². The first-order chi connectivity index (χ1) is 11.1. The van der Waals surface area contributed by atoms with Crippen molar-refractivity contribution < 1.29 is 9.53 Å². The van der Waals surface area contributed by atoms with Crippen molar-refractivity contribution in [3.8, 4) is 0 Å². The fourth-order valence-corrected chi connectivity index (χ4v) is 3.13. The SMILES string of the molecule is CCOC(=O)C1CCN(c2ccc3c(N)c(Cl)ccc3n2)CC1. The van der Waals surface area contributed by atoms with Crippen molar-refractivity contribution in [3.63, 3.8) is 0 Å². The van der Waals surface area contributed by atoms with Gasteiger partial charge in [0.05, 0.1) is 28.8 Å². The molecule has 2 aromatic rings. The number of aromatic nitrogens is 1. The van der Waals surface area contributed by atoms with E-state index in [-0.39, 0.29) is 11.9 Å². The van der Waals surface area contributed by atoms with Crippen molar-refractivity contribution in [2.75, 3.05) is 30.3 Å². The van der Waals surface area contributed by atoms with Gasteiger partial charge in [-0.05, 0) is 44.0 Å². The molecule has 1 aromatic carbocycles. The van der Waals surface area contributed by atoms with E-state index in [1.165, 1.54) is 0 Å². The van der Waals surface area contributed by atoms with Gasteiger partial charge in [0.1, 0.15) is 5.82 Å². The van der Waals surface area contributed by atoms with Crippen molar-refractivity contribution >= 4 is 40.0 Å². The van der Waals surface area contributed by atoms with Crippen LogP contribution < -0.4 is 10.6 Å². The maximum absolute atomic E-state index is 11.8. The number of pyridine rings is 1. The summed E-state index contributed by atoms with van der Waals surface area (Å²) in [6.07, 6.45) is 1.59. The molecule has 0 bridgehead atoms. The molecular formula is C17H20ClN3O2. The van der Waals surface area contributed by atoms with Gasteiger partial charge in [0.25, 0.3) is 0 Å². The van der Waals surface area contributed by atoms with Crippen molar-refractivity contribution in [2.45, 2.75) is 19.8 Å². The van der Waals surface area contributed by atoms with Crippen molar-refractivity contribution in [3.05, 3.63) is 29.3 Å². The van der Waals surface area contributed by atoms with Crippen LogP contribution in [0.2, 0.25) is 5.02 Å². The van der Waals surface area contributed by atoms with Crippen LogP contribution in [0.25, 0.3) is 10.9 Å². The number of nitrogens with zero attached hydrogens (tertiary/aromatic N) is 2. The summed E-state index contributed by atoms with van der Waals surface area (Å²) in [6, 6.07) is 7.56. The van der Waals surface area contributed by atoms with E-state index in [1.54, 1.807) is 6.07 Å². The molecule has 2 N–H and O–H groups in total. The maximum Gasteiger partial charge on any atom is 0.309 e. The molecule has 6 heteroatoms. The zero-order valence-electron chi connectivity index (χ0n) is 13.1. The number of nitrogens with two attached hydrogens (primary N) is 1. The number of hydrogen-bond acceptors (Lipinski definition) is 5. The Bertz CT molecular complexity index is 727. The van der Waals surface area contributed by atoms with Gasteiger partial charge in [-0.3, -0.25) is 4.79 Å². The second-order valence-electron chi connectivity index (χ2n) is 5.71. The summed E-state index contributed by atoms with van der Waals surface area (Å²) in [5, 5.41) is 1.41. The van der Waals surface area contributed by atoms with E-state index in [1.807, 2.05) is 25.1 Å². The molecule has 122 valence electrons. The number of anilines is 2. The van der Waals surface area contributed by atoms with Crippen LogP contribution in [0.15, 0.2) is 24.3 Å². The standard InChI is InChI=1S/C17H20ClN3O2/c1-2-23-17(22)11-7-9-21(10-8-11)15-6-3-12-14(20-15)5-4-13(18)16(12)19/h3-6,11H,2,7-10,19H2,1H3. The predicted octanol–water partition coefficient (Wildman–Crippen LogP) is 3.25. The molecule has 0 atom stereocenters. The molecule has 2 heterocycles. The molecule has 1 saturated heterocycles. The molecule has 0 amide bonds. The number of halogens is 1. The highest BCUT2D eigenvalue weighted by Gasteiger charge is 2.26. The molecule has 0 aliphatic carbocycles. The highest BCUT2D eigenvalue weighted by molar-refractivity contribution is 6.34. The number of hydrogen-bond donors (Lipinski definition) is 1. The molecule has 1 fully saturated rings. The quantitative estimate of drug-likeness (QED) is 0.689. The molecule has 0 spiro atoms. The summed E-state index contributed by atoms with van der Waals surface area (Å²) in [5.74, 6) is 0.823. The van der Waals surface area contributed by atoms with E-state index >= 15 is 0 Å². The van der Waals surface area contributed by atoms with Gasteiger partial charge in [-0.2, -0.15) is 0 Å². The lowest BCUT2D eigenvalue weighted by Gasteiger charge is -2.31. The van der Waals surface area contributed by atoms with Crippen molar-refractivity contribution in [1.29, 1.82) is 0 Å². The van der Waals surface area contributed by atoms with Gasteiger partial charge in [0.2, 0.25) is 0 Å². The fraction of sp³-hybridized carbons (Fsp3) is 0.412. The minimum Gasteiger partial charge on any atom is -0.466 e. The minimum absolute atomic E-state index is 0.00103. The number of nitrogen functional groups attached to an aromatic ring is 1. The number of carbonyl (C=O) groups is 1. The molecule has 0 radical (unpaired) electrons. The second kappa shape index (κ2) is 6.62. The summed E-state index contributed by atoms with van der Waals surface area (Å²) >= 11 is 6.04. The predicted molar refractivity (Wildman–Crippen MR) is 92.7 cm³/mol. The highest BCUT2D eigenvalue weighted by atomic mass is 35.5. The number of benzene rings is 1. The van der Waals surface area contributed by atoms with E-state index < -0.39 is 0 Å². The molecule has 1 aliphatic heterocycles. The molecule has 1 aliphatic rings. The van der Waals surface area contributed by atoms with Crippen LogP contribution in [0.5, 0.6) is 0 Å². The Morgan fingerprint density at radius 3 is 2.78 bits per heavy atom. The average Bonchev–Trinajstić information content (AvgIpc) is 2.58. The molecule has 0 unspecified atom stereocenters. The fourth-order valence-electron chi connectivity index (χ4n) is 2.97. The smallest absolute Gasteiger partial charge is 0.309 e. The summed E-state index contributed by atoms with van der Waals surface area (Å²) < 4.78 is 5.10. The Morgan fingerprint density at radius 2 is 2.09 bits per heavy atom. The number of piperidine rings is 1. The van der Waals surface area contributed by atoms with Crippen LogP contribution in [0.3, 0.4) is 0 Å². The molecule has 0 saturated carbocycles. The van der Waals surface area contributed by atoms with Gasteiger partial charge in [0, 0.05) is 18.5 Å². The number of fused-ring (bicyclic) bond motifs is 1. The van der Waals surface area contributed by atoms with Gasteiger partial charge in [-0.1, -0.05) is 11.6 Å². The summed E-state index contributed by atoms with van der Waals surface area (Å²) in [5.41, 5.74) is 7.38. The van der Waals surface area contributed by atoms with Crippen LogP contribution in [0.4, 0.5) is 11.5 Å². The third-order valence-electron chi connectivity index (χ3n) is 4.28. The highest BCUT2D eigenvalue weighted by Crippen LogP contribution is 2.30. The Hall–Kier alpha value is -2.01. The van der Waals surface area contributed by atoms with Gasteiger partial charge in [-0.25, -0.2) is 4.98 Å². The van der Waals surface area contributed by atoms with Crippen LogP contribution in [0, 0.1) is 5.92 Å². The average molecular weight is 334 g/mol. The molecule has 1 aromatic heterocycles. The topological polar surface area (TPSA) is 68.5 Å². The summed E-state index contributed by atoms with van der Waals surface area (Å²) in [7, 11) is 0. The third kappa shape index (κ3) is 3.20. The van der Waals surface area contributed by atoms with Crippen LogP contribution in [-0.2, 0) is 9.53 Å². The maximum atomic E-state index is 11.8. The van der Waals surface area contributed by atoms with Gasteiger partial charge < -0.3 is 15.4 Å². The first-order valence-electron chi connectivity index (χ1n) is 7.86. The van der Waals surface area contributed by atoms with Gasteiger partial charge >= 0.3 is 5.97 Å². The molecule has 23 heavy (non-hydrogen) atoms. The summed E-state index contributed by atoms with van der Waals surface area (Å²) in [6.45, 7) is 3.87. The normalized spacial score (nSPS) is 15.8. The van der Waals surface area contributed by atoms with E-state index in [2.05, 4.69) is 9.88 Å². The number of rotatable bonds is 3. The largest absolute Gasteiger partial charge is 0.466 e. The number of esters is 1. The van der Waals surface area contributed by atoms with Crippen molar-refractivity contribution in [2.24, 2.45) is 5.92 Å². The van der Waals surface area contributed by atoms with E-state index in [4.69, 9.17) is 22.1 Å². The molecular weight excluding hydrogens is 314 g/mol. The van der Waals surface area contributed by atoms with Crippen LogP contribution in [-0.4, -0.2) is 30.6 Å². The first kappa shape index (κ1) is 15.9. The van der Waals surface area contributed by atoms with E-state index in [9.17, 15) is 4.79 Å². The Balaban J connectivity index is 1.75. The zero-order valence-corrected chi connectivity index (χ0v) is 13.8. The van der Waals surface area contributed by atoms with Gasteiger partial charge in [0.15, 0.2) is 0 Å². The van der Waals surface area contributed by atoms with Crippen LogP contribution in [0.1, 0.15) is 19.8 Å².